The summed E-state index contributed by atoms with van der Waals surface area (Å²) in [4.78, 5) is 13.9. The summed E-state index contributed by atoms with van der Waals surface area (Å²) in [6.45, 7) is 7.48. The molecule has 0 aliphatic heterocycles. The summed E-state index contributed by atoms with van der Waals surface area (Å²) in [7, 11) is 0. The van der Waals surface area contributed by atoms with Crippen molar-refractivity contribution in [2.75, 3.05) is 19.6 Å². The van der Waals surface area contributed by atoms with E-state index in [0.29, 0.717) is 11.5 Å². The summed E-state index contributed by atoms with van der Waals surface area (Å²) >= 11 is 0. The number of carboxylic acid groups (broad SMARTS) is 1. The zero-order chi connectivity index (χ0) is 17.4. The maximum Gasteiger partial charge on any atom is 0.335 e. The number of nitrogens with zero attached hydrogens (tertiary/aromatic N) is 1. The van der Waals surface area contributed by atoms with Crippen LogP contribution in [0, 0.1) is 0 Å². The van der Waals surface area contributed by atoms with Crippen LogP contribution in [0.2, 0.25) is 0 Å². The molecule has 2 rings (SSSR count). The second kappa shape index (κ2) is 10.9. The fourth-order valence-corrected chi connectivity index (χ4v) is 3.16. The molecule has 0 aliphatic carbocycles. The van der Waals surface area contributed by atoms with Crippen molar-refractivity contribution in [3.05, 3.63) is 71.3 Å². The summed E-state index contributed by atoms with van der Waals surface area (Å²) < 4.78 is 0. The van der Waals surface area contributed by atoms with Crippen LogP contribution in [0.25, 0.3) is 0 Å². The van der Waals surface area contributed by atoms with Crippen LogP contribution in [0.5, 0.6) is 0 Å². The van der Waals surface area contributed by atoms with Crippen molar-refractivity contribution < 1.29 is 9.90 Å². The maximum atomic E-state index is 11.5. The van der Waals surface area contributed by atoms with Gasteiger partial charge in [0.15, 0.2) is 0 Å². The predicted molar refractivity (Wildman–Crippen MR) is 106 cm³/mol. The quantitative estimate of drug-likeness (QED) is 0.693. The first kappa shape index (κ1) is 21.2. The van der Waals surface area contributed by atoms with E-state index in [-0.39, 0.29) is 12.4 Å². The van der Waals surface area contributed by atoms with Crippen LogP contribution in [0.4, 0.5) is 0 Å². The highest BCUT2D eigenvalue weighted by molar-refractivity contribution is 5.89. The third-order valence-electron chi connectivity index (χ3n) is 4.67. The first-order chi connectivity index (χ1) is 11.7. The molecule has 0 saturated heterocycles. The molecule has 0 aromatic heterocycles. The fourth-order valence-electron chi connectivity index (χ4n) is 3.16. The van der Waals surface area contributed by atoms with E-state index < -0.39 is 5.97 Å². The van der Waals surface area contributed by atoms with Gasteiger partial charge in [0.1, 0.15) is 0 Å². The van der Waals surface area contributed by atoms with Crippen LogP contribution in [-0.2, 0) is 6.42 Å². The Kier molecular flexibility index (Phi) is 9.25. The zero-order valence-electron chi connectivity index (χ0n) is 15.0. The molecule has 2 aromatic rings. The smallest absolute Gasteiger partial charge is 0.335 e. The van der Waals surface area contributed by atoms with Crippen molar-refractivity contribution in [3.8, 4) is 0 Å². The van der Waals surface area contributed by atoms with Crippen LogP contribution < -0.4 is 0 Å². The molecule has 0 aliphatic rings. The second-order valence-corrected chi connectivity index (χ2v) is 6.09. The van der Waals surface area contributed by atoms with Gasteiger partial charge in [-0.25, -0.2) is 4.79 Å². The topological polar surface area (TPSA) is 40.5 Å². The minimum absolute atomic E-state index is 0. The first-order valence-electron chi connectivity index (χ1n) is 8.74. The highest BCUT2D eigenvalue weighted by atomic mass is 35.5. The van der Waals surface area contributed by atoms with E-state index in [1.165, 1.54) is 5.56 Å². The monoisotopic (exact) mass is 361 g/mol. The van der Waals surface area contributed by atoms with Crippen LogP contribution >= 0.6 is 12.4 Å². The van der Waals surface area contributed by atoms with Gasteiger partial charge >= 0.3 is 5.97 Å². The van der Waals surface area contributed by atoms with E-state index in [2.05, 4.69) is 43.0 Å². The Morgan fingerprint density at radius 3 is 2.20 bits per heavy atom. The van der Waals surface area contributed by atoms with Gasteiger partial charge in [0.2, 0.25) is 0 Å². The number of rotatable bonds is 9. The van der Waals surface area contributed by atoms with Gasteiger partial charge in [0, 0.05) is 0 Å². The van der Waals surface area contributed by atoms with E-state index >= 15 is 0 Å². The summed E-state index contributed by atoms with van der Waals surface area (Å²) in [6, 6.07) is 17.8. The van der Waals surface area contributed by atoms with Gasteiger partial charge < -0.3 is 10.0 Å². The Balaban J connectivity index is 0.00000312. The lowest BCUT2D eigenvalue weighted by atomic mass is 9.87. The average molecular weight is 362 g/mol. The van der Waals surface area contributed by atoms with Crippen molar-refractivity contribution in [3.63, 3.8) is 0 Å². The van der Waals surface area contributed by atoms with E-state index in [1.54, 1.807) is 12.1 Å². The van der Waals surface area contributed by atoms with Gasteiger partial charge in [-0.1, -0.05) is 62.4 Å². The standard InChI is InChI=1S/C21H27NO2.ClH/c1-3-22(4-2)15-14-18(17-10-6-5-7-11-17)16-19-12-8-9-13-20(19)21(23)24;/h5-13,18H,3-4,14-16H2,1-2H3,(H,23,24);1H. The number of carboxylic acids is 1. The van der Waals surface area contributed by atoms with E-state index in [4.69, 9.17) is 0 Å². The summed E-state index contributed by atoms with van der Waals surface area (Å²) in [6.07, 6.45) is 1.79. The highest BCUT2D eigenvalue weighted by Crippen LogP contribution is 2.26. The van der Waals surface area contributed by atoms with Gasteiger partial charge in [0.25, 0.3) is 0 Å². The molecule has 0 heterocycles. The summed E-state index contributed by atoms with van der Waals surface area (Å²) in [5, 5.41) is 9.44. The molecule has 4 heteroatoms. The van der Waals surface area contributed by atoms with Crippen molar-refractivity contribution in [2.24, 2.45) is 0 Å². The van der Waals surface area contributed by atoms with Gasteiger partial charge in [0.05, 0.1) is 5.56 Å². The molecule has 0 saturated carbocycles. The predicted octanol–water partition coefficient (Wildman–Crippen LogP) is 4.86. The maximum absolute atomic E-state index is 11.5. The van der Waals surface area contributed by atoms with Gasteiger partial charge in [-0.05, 0) is 55.6 Å². The van der Waals surface area contributed by atoms with E-state index in [0.717, 1.165) is 38.0 Å². The number of benzene rings is 2. The third-order valence-corrected chi connectivity index (χ3v) is 4.67. The second-order valence-electron chi connectivity index (χ2n) is 6.09. The van der Waals surface area contributed by atoms with Gasteiger partial charge in [-0.15, -0.1) is 12.4 Å². The van der Waals surface area contributed by atoms with Crippen molar-refractivity contribution in [1.29, 1.82) is 0 Å². The van der Waals surface area contributed by atoms with Crippen molar-refractivity contribution in [1.82, 2.24) is 4.90 Å². The molecule has 1 atom stereocenters. The number of hydrogen-bond acceptors (Lipinski definition) is 2. The largest absolute Gasteiger partial charge is 0.478 e. The fraction of sp³-hybridized carbons (Fsp3) is 0.381. The Morgan fingerprint density at radius 1 is 1.00 bits per heavy atom. The van der Waals surface area contributed by atoms with Crippen LogP contribution in [0.1, 0.15) is 47.7 Å². The number of halogens is 1. The Morgan fingerprint density at radius 2 is 1.60 bits per heavy atom. The third kappa shape index (κ3) is 6.18. The summed E-state index contributed by atoms with van der Waals surface area (Å²) in [5.41, 5.74) is 2.62. The van der Waals surface area contributed by atoms with Crippen molar-refractivity contribution in [2.45, 2.75) is 32.6 Å². The van der Waals surface area contributed by atoms with Gasteiger partial charge in [-0.3, -0.25) is 0 Å². The molecule has 1 N–H and O–H groups in total. The molecule has 136 valence electrons. The Labute approximate surface area is 157 Å². The Hall–Kier alpha value is -1.84. The molecule has 2 aromatic carbocycles. The first-order valence-corrected chi connectivity index (χ1v) is 8.74. The van der Waals surface area contributed by atoms with Gasteiger partial charge in [-0.2, -0.15) is 0 Å². The number of hydrogen-bond donors (Lipinski definition) is 1. The zero-order valence-corrected chi connectivity index (χ0v) is 15.8. The van der Waals surface area contributed by atoms with E-state index in [1.807, 2.05) is 18.2 Å². The number of carbonyl (C=O) groups is 1. The molecule has 0 spiro atoms. The average Bonchev–Trinajstić information content (AvgIpc) is 2.62. The highest BCUT2D eigenvalue weighted by Gasteiger charge is 2.17. The molecule has 25 heavy (non-hydrogen) atoms. The molecule has 0 fully saturated rings. The van der Waals surface area contributed by atoms with Crippen LogP contribution in [0.15, 0.2) is 54.6 Å². The van der Waals surface area contributed by atoms with Crippen LogP contribution in [-0.4, -0.2) is 35.6 Å². The SMILES string of the molecule is CCN(CC)CCC(Cc1ccccc1C(=O)O)c1ccccc1.Cl. The molecule has 1 unspecified atom stereocenters. The summed E-state index contributed by atoms with van der Waals surface area (Å²) in [5.74, 6) is -0.520. The minimum atomic E-state index is -0.846. The molecule has 3 nitrogen and oxygen atoms in total. The minimum Gasteiger partial charge on any atom is -0.478 e. The lowest BCUT2D eigenvalue weighted by Gasteiger charge is -2.23. The lowest BCUT2D eigenvalue weighted by Crippen LogP contribution is -2.25. The van der Waals surface area contributed by atoms with E-state index in [9.17, 15) is 9.90 Å². The molecule has 0 radical (unpaired) electrons. The van der Waals surface area contributed by atoms with Crippen molar-refractivity contribution >= 4 is 18.4 Å². The number of aromatic carboxylic acids is 1. The molecule has 0 bridgehead atoms. The van der Waals surface area contributed by atoms with Crippen LogP contribution in [0.3, 0.4) is 0 Å². The molecular weight excluding hydrogens is 334 g/mol. The Bertz CT molecular complexity index is 641. The normalized spacial score (nSPS) is 11.8. The lowest BCUT2D eigenvalue weighted by molar-refractivity contribution is 0.0695. The molecular formula is C21H28ClNO2. The molecule has 0 amide bonds.